The number of likely N-dealkylation sites (tertiary alicyclic amines) is 1. The average molecular weight is 539 g/mol. The van der Waals surface area contributed by atoms with Crippen molar-refractivity contribution in [1.82, 2.24) is 25.1 Å². The Morgan fingerprint density at radius 3 is 2.61 bits per heavy atom. The van der Waals surface area contributed by atoms with E-state index in [4.69, 9.17) is 4.99 Å². The second-order valence-corrected chi connectivity index (χ2v) is 8.26. The largest absolute Gasteiger partial charge is 0.357 e. The molecule has 1 aromatic carbocycles. The quantitative estimate of drug-likeness (QED) is 0.218. The van der Waals surface area contributed by atoms with E-state index in [-0.39, 0.29) is 24.0 Å². The van der Waals surface area contributed by atoms with Gasteiger partial charge in [0.05, 0.1) is 0 Å². The molecule has 3 rings (SSSR count). The van der Waals surface area contributed by atoms with Gasteiger partial charge in [-0.05, 0) is 57.6 Å². The topological polar surface area (TPSA) is 57.5 Å². The Kier molecular flexibility index (Phi) is 11.4. The van der Waals surface area contributed by atoms with Crippen molar-refractivity contribution >= 4 is 29.9 Å². The lowest BCUT2D eigenvalue weighted by Gasteiger charge is -2.33. The van der Waals surface area contributed by atoms with E-state index in [0.29, 0.717) is 6.04 Å². The van der Waals surface area contributed by atoms with Crippen molar-refractivity contribution in [2.24, 2.45) is 4.99 Å². The van der Waals surface area contributed by atoms with Crippen LogP contribution in [-0.4, -0.2) is 52.6 Å². The number of nitrogens with zero attached hydrogens (tertiary/aromatic N) is 4. The fourth-order valence-electron chi connectivity index (χ4n) is 4.00. The molecule has 0 amide bonds. The Morgan fingerprint density at radius 2 is 1.94 bits per heavy atom. The molecule has 2 aromatic rings. The van der Waals surface area contributed by atoms with Gasteiger partial charge in [0.1, 0.15) is 5.82 Å². The summed E-state index contributed by atoms with van der Waals surface area (Å²) in [7, 11) is 0. The molecule has 0 unspecified atom stereocenters. The number of benzene rings is 1. The molecule has 1 saturated heterocycles. The highest BCUT2D eigenvalue weighted by molar-refractivity contribution is 14.0. The summed E-state index contributed by atoms with van der Waals surface area (Å²) in [5.74, 6) is 2.05. The van der Waals surface area contributed by atoms with Gasteiger partial charge in [0.15, 0.2) is 5.96 Å². The number of aryl methyl sites for hydroxylation is 3. The summed E-state index contributed by atoms with van der Waals surface area (Å²) in [4.78, 5) is 11.7. The number of piperidine rings is 1. The van der Waals surface area contributed by atoms with Crippen molar-refractivity contribution in [1.29, 1.82) is 0 Å². The third kappa shape index (κ3) is 8.44. The van der Waals surface area contributed by atoms with Gasteiger partial charge in [-0.25, -0.2) is 4.98 Å². The van der Waals surface area contributed by atoms with Gasteiger partial charge in [0.2, 0.25) is 0 Å². The van der Waals surface area contributed by atoms with Crippen LogP contribution in [0.1, 0.15) is 49.6 Å². The molecule has 1 fully saturated rings. The van der Waals surface area contributed by atoms with Gasteiger partial charge >= 0.3 is 0 Å². The fourth-order valence-corrected chi connectivity index (χ4v) is 4.00. The zero-order valence-electron chi connectivity index (χ0n) is 19.3. The first kappa shape index (κ1) is 25.6. The summed E-state index contributed by atoms with van der Waals surface area (Å²) in [5.41, 5.74) is 2.84. The predicted molar refractivity (Wildman–Crippen MR) is 140 cm³/mol. The first-order valence-electron chi connectivity index (χ1n) is 11.4. The van der Waals surface area contributed by atoms with Crippen LogP contribution in [0.5, 0.6) is 0 Å². The SMILES string of the molecule is CCNC(=NCCCCn1ccnc1C)NC1CCN(Cc2ccccc2C)CC1.I. The van der Waals surface area contributed by atoms with Crippen molar-refractivity contribution in [3.8, 4) is 0 Å². The zero-order valence-corrected chi connectivity index (χ0v) is 21.6. The number of imidazole rings is 1. The van der Waals surface area contributed by atoms with Gasteiger partial charge in [-0.3, -0.25) is 9.89 Å². The van der Waals surface area contributed by atoms with Gasteiger partial charge in [-0.1, -0.05) is 24.3 Å². The molecule has 0 spiro atoms. The molecule has 0 saturated carbocycles. The second-order valence-electron chi connectivity index (χ2n) is 8.26. The summed E-state index contributed by atoms with van der Waals surface area (Å²) < 4.78 is 2.21. The second kappa shape index (κ2) is 13.7. The Hall–Kier alpha value is -1.61. The average Bonchev–Trinajstić information content (AvgIpc) is 3.15. The summed E-state index contributed by atoms with van der Waals surface area (Å²) >= 11 is 0. The maximum absolute atomic E-state index is 4.80. The Balaban J connectivity index is 0.00000341. The van der Waals surface area contributed by atoms with Crippen molar-refractivity contribution in [2.45, 2.75) is 65.6 Å². The molecule has 6 nitrogen and oxygen atoms in total. The molecular formula is C24H39IN6. The number of unbranched alkanes of at least 4 members (excludes halogenated alkanes) is 1. The lowest BCUT2D eigenvalue weighted by atomic mass is 10.0. The highest BCUT2D eigenvalue weighted by atomic mass is 127. The molecule has 0 bridgehead atoms. The van der Waals surface area contributed by atoms with Crippen molar-refractivity contribution in [3.63, 3.8) is 0 Å². The molecule has 2 N–H and O–H groups in total. The van der Waals surface area contributed by atoms with Crippen molar-refractivity contribution in [2.75, 3.05) is 26.2 Å². The number of aliphatic imine (C=N–C) groups is 1. The van der Waals surface area contributed by atoms with Crippen LogP contribution in [0.3, 0.4) is 0 Å². The van der Waals surface area contributed by atoms with Crippen LogP contribution in [0.25, 0.3) is 0 Å². The fraction of sp³-hybridized carbons (Fsp3) is 0.583. The standard InChI is InChI=1S/C24H38N6.HI/c1-4-25-24(27-13-7-8-15-30-18-14-26-21(30)3)28-23-11-16-29(17-12-23)19-22-10-6-5-9-20(22)2;/h5-6,9-10,14,18,23H,4,7-8,11-13,15-17,19H2,1-3H3,(H2,25,27,28);1H. The van der Waals surface area contributed by atoms with Crippen LogP contribution in [0.4, 0.5) is 0 Å². The molecule has 7 heteroatoms. The highest BCUT2D eigenvalue weighted by Gasteiger charge is 2.20. The molecule has 1 aromatic heterocycles. The normalized spacial score (nSPS) is 15.5. The van der Waals surface area contributed by atoms with E-state index in [9.17, 15) is 0 Å². The predicted octanol–water partition coefficient (Wildman–Crippen LogP) is 4.12. The molecule has 31 heavy (non-hydrogen) atoms. The van der Waals surface area contributed by atoms with E-state index in [1.165, 1.54) is 11.1 Å². The van der Waals surface area contributed by atoms with E-state index >= 15 is 0 Å². The monoisotopic (exact) mass is 538 g/mol. The summed E-state index contributed by atoms with van der Waals surface area (Å²) in [6.45, 7) is 12.5. The third-order valence-electron chi connectivity index (χ3n) is 5.93. The first-order valence-corrected chi connectivity index (χ1v) is 11.4. The maximum atomic E-state index is 4.80. The molecule has 1 aliphatic rings. The Morgan fingerprint density at radius 1 is 1.16 bits per heavy atom. The molecular weight excluding hydrogens is 499 g/mol. The maximum Gasteiger partial charge on any atom is 0.191 e. The molecule has 2 heterocycles. The first-order chi connectivity index (χ1) is 14.7. The number of halogens is 1. The lowest BCUT2D eigenvalue weighted by molar-refractivity contribution is 0.198. The third-order valence-corrected chi connectivity index (χ3v) is 5.93. The summed E-state index contributed by atoms with van der Waals surface area (Å²) in [6, 6.07) is 9.23. The summed E-state index contributed by atoms with van der Waals surface area (Å²) in [5, 5.41) is 7.08. The van der Waals surface area contributed by atoms with E-state index in [1.807, 2.05) is 6.20 Å². The molecule has 0 radical (unpaired) electrons. The van der Waals surface area contributed by atoms with E-state index < -0.39 is 0 Å². The van der Waals surface area contributed by atoms with E-state index in [0.717, 1.165) is 76.7 Å². The number of hydrogen-bond acceptors (Lipinski definition) is 3. The van der Waals surface area contributed by atoms with E-state index in [1.54, 1.807) is 0 Å². The number of guanidine groups is 1. The molecule has 1 aliphatic heterocycles. The van der Waals surface area contributed by atoms with E-state index in [2.05, 4.69) is 76.3 Å². The smallest absolute Gasteiger partial charge is 0.191 e. The number of rotatable bonds is 9. The molecule has 0 atom stereocenters. The number of nitrogens with one attached hydrogen (secondary N) is 2. The van der Waals surface area contributed by atoms with Gasteiger partial charge in [-0.15, -0.1) is 24.0 Å². The van der Waals surface area contributed by atoms with Crippen LogP contribution in [0, 0.1) is 13.8 Å². The zero-order chi connectivity index (χ0) is 21.2. The lowest BCUT2D eigenvalue weighted by Crippen LogP contribution is -2.48. The minimum atomic E-state index is 0. The van der Waals surface area contributed by atoms with Crippen LogP contribution < -0.4 is 10.6 Å². The van der Waals surface area contributed by atoms with Gasteiger partial charge in [-0.2, -0.15) is 0 Å². The van der Waals surface area contributed by atoms with Gasteiger partial charge in [0.25, 0.3) is 0 Å². The summed E-state index contributed by atoms with van der Waals surface area (Å²) in [6.07, 6.45) is 8.45. The molecule has 172 valence electrons. The Labute approximate surface area is 204 Å². The Bertz CT molecular complexity index is 795. The van der Waals surface area contributed by atoms with Crippen molar-refractivity contribution in [3.05, 3.63) is 53.6 Å². The molecule has 0 aliphatic carbocycles. The van der Waals surface area contributed by atoms with Crippen LogP contribution in [-0.2, 0) is 13.1 Å². The minimum Gasteiger partial charge on any atom is -0.357 e. The minimum absolute atomic E-state index is 0. The van der Waals surface area contributed by atoms with Crippen LogP contribution >= 0.6 is 24.0 Å². The van der Waals surface area contributed by atoms with Crippen LogP contribution in [0.2, 0.25) is 0 Å². The highest BCUT2D eigenvalue weighted by Crippen LogP contribution is 2.16. The number of hydrogen-bond donors (Lipinski definition) is 2. The van der Waals surface area contributed by atoms with Crippen molar-refractivity contribution < 1.29 is 0 Å². The van der Waals surface area contributed by atoms with Gasteiger partial charge < -0.3 is 15.2 Å². The number of aromatic nitrogens is 2. The van der Waals surface area contributed by atoms with Crippen LogP contribution in [0.15, 0.2) is 41.7 Å². The van der Waals surface area contributed by atoms with Gasteiger partial charge in [0, 0.05) is 57.7 Å².